The van der Waals surface area contributed by atoms with Crippen LogP contribution in [0.5, 0.6) is 0 Å². The molecule has 0 saturated carbocycles. The molecule has 0 aliphatic carbocycles. The molecule has 0 heterocycles. The molecule has 0 N–H and O–H groups in total. The van der Waals surface area contributed by atoms with E-state index >= 15 is 0 Å². The molecule has 1 nitrogen and oxygen atoms in total. The molecule has 20 heavy (non-hydrogen) atoms. The number of carbonyl (C=O) groups excluding carboxylic acids is 1. The fraction of sp³-hybridized carbons (Fsp3) is 0.133. The van der Waals surface area contributed by atoms with Gasteiger partial charge in [0.15, 0.2) is 5.78 Å². The van der Waals surface area contributed by atoms with Gasteiger partial charge in [-0.25, -0.2) is 0 Å². The van der Waals surface area contributed by atoms with Crippen LogP contribution in [-0.4, -0.2) is 5.78 Å². The predicted octanol–water partition coefficient (Wildman–Crippen LogP) is 5.23. The SMILES string of the molecule is CC(=O)c1c(Cl)cccc1-c1ccccc1C(F)(F)F. The number of benzene rings is 2. The normalized spacial score (nSPS) is 11.4. The largest absolute Gasteiger partial charge is 0.417 e. The number of halogens is 4. The van der Waals surface area contributed by atoms with Crippen molar-refractivity contribution in [2.75, 3.05) is 0 Å². The molecule has 0 amide bonds. The van der Waals surface area contributed by atoms with Crippen LogP contribution in [0.25, 0.3) is 11.1 Å². The van der Waals surface area contributed by atoms with E-state index < -0.39 is 11.7 Å². The van der Waals surface area contributed by atoms with Gasteiger partial charge in [-0.15, -0.1) is 0 Å². The summed E-state index contributed by atoms with van der Waals surface area (Å²) < 4.78 is 39.1. The van der Waals surface area contributed by atoms with Crippen molar-refractivity contribution in [1.82, 2.24) is 0 Å². The van der Waals surface area contributed by atoms with Gasteiger partial charge < -0.3 is 0 Å². The molecule has 2 aromatic carbocycles. The Labute approximate surface area is 119 Å². The zero-order valence-corrected chi connectivity index (χ0v) is 11.2. The van der Waals surface area contributed by atoms with Gasteiger partial charge in [0, 0.05) is 5.56 Å². The lowest BCUT2D eigenvalue weighted by Crippen LogP contribution is -2.08. The smallest absolute Gasteiger partial charge is 0.294 e. The zero-order valence-electron chi connectivity index (χ0n) is 10.5. The second kappa shape index (κ2) is 5.29. The van der Waals surface area contributed by atoms with E-state index in [-0.39, 0.29) is 27.5 Å². The molecule has 0 unspecified atom stereocenters. The fourth-order valence-electron chi connectivity index (χ4n) is 2.07. The molecule has 0 fully saturated rings. The van der Waals surface area contributed by atoms with Gasteiger partial charge in [-0.3, -0.25) is 4.79 Å². The molecule has 104 valence electrons. The lowest BCUT2D eigenvalue weighted by atomic mass is 9.93. The van der Waals surface area contributed by atoms with Crippen LogP contribution in [0.3, 0.4) is 0 Å². The van der Waals surface area contributed by atoms with Crippen molar-refractivity contribution >= 4 is 17.4 Å². The highest BCUT2D eigenvalue weighted by molar-refractivity contribution is 6.34. The Morgan fingerprint density at radius 1 is 1.00 bits per heavy atom. The summed E-state index contributed by atoms with van der Waals surface area (Å²) in [7, 11) is 0. The van der Waals surface area contributed by atoms with E-state index in [9.17, 15) is 18.0 Å². The summed E-state index contributed by atoms with van der Waals surface area (Å²) in [6, 6.07) is 9.60. The topological polar surface area (TPSA) is 17.1 Å². The van der Waals surface area contributed by atoms with Crippen molar-refractivity contribution < 1.29 is 18.0 Å². The lowest BCUT2D eigenvalue weighted by molar-refractivity contribution is -0.137. The summed E-state index contributed by atoms with van der Waals surface area (Å²) in [5.41, 5.74) is -0.541. The van der Waals surface area contributed by atoms with Gasteiger partial charge in [-0.05, 0) is 30.2 Å². The first-order chi connectivity index (χ1) is 9.32. The first-order valence-corrected chi connectivity index (χ1v) is 6.16. The molecule has 0 aliphatic heterocycles. The van der Waals surface area contributed by atoms with Crippen molar-refractivity contribution in [3.05, 3.63) is 58.6 Å². The second-order valence-electron chi connectivity index (χ2n) is 4.26. The van der Waals surface area contributed by atoms with Crippen LogP contribution in [0.15, 0.2) is 42.5 Å². The van der Waals surface area contributed by atoms with Crippen molar-refractivity contribution in [3.63, 3.8) is 0 Å². The minimum atomic E-state index is -4.49. The van der Waals surface area contributed by atoms with Gasteiger partial charge >= 0.3 is 6.18 Å². The third kappa shape index (κ3) is 2.70. The maximum absolute atomic E-state index is 13.0. The lowest BCUT2D eigenvalue weighted by Gasteiger charge is -2.15. The molecule has 2 aromatic rings. The second-order valence-corrected chi connectivity index (χ2v) is 4.67. The molecule has 0 aliphatic rings. The minimum absolute atomic E-state index is 0.0484. The number of rotatable bonds is 2. The summed E-state index contributed by atoms with van der Waals surface area (Å²) >= 11 is 5.94. The highest BCUT2D eigenvalue weighted by Crippen LogP contribution is 2.39. The van der Waals surface area contributed by atoms with Crippen LogP contribution in [0.4, 0.5) is 13.2 Å². The average molecular weight is 299 g/mol. The third-order valence-electron chi connectivity index (χ3n) is 2.89. The Bertz CT molecular complexity index is 662. The van der Waals surface area contributed by atoms with Gasteiger partial charge in [0.2, 0.25) is 0 Å². The molecule has 0 aromatic heterocycles. The number of carbonyl (C=O) groups is 1. The van der Waals surface area contributed by atoms with Crippen LogP contribution in [0.1, 0.15) is 22.8 Å². The van der Waals surface area contributed by atoms with Crippen LogP contribution in [0.2, 0.25) is 5.02 Å². The Kier molecular flexibility index (Phi) is 3.86. The molecule has 0 saturated heterocycles. The van der Waals surface area contributed by atoms with E-state index in [1.807, 2.05) is 0 Å². The maximum Gasteiger partial charge on any atom is 0.417 e. The van der Waals surface area contributed by atoms with E-state index in [1.165, 1.54) is 43.3 Å². The number of hydrogen-bond acceptors (Lipinski definition) is 1. The predicted molar refractivity (Wildman–Crippen MR) is 71.9 cm³/mol. The zero-order chi connectivity index (χ0) is 14.9. The van der Waals surface area contributed by atoms with E-state index in [1.54, 1.807) is 0 Å². The summed E-state index contributed by atoms with van der Waals surface area (Å²) in [4.78, 5) is 11.7. The first-order valence-electron chi connectivity index (χ1n) is 5.78. The van der Waals surface area contributed by atoms with E-state index in [0.29, 0.717) is 0 Å². The Balaban J connectivity index is 2.77. The fourth-order valence-corrected chi connectivity index (χ4v) is 2.38. The van der Waals surface area contributed by atoms with Crippen molar-refractivity contribution in [2.24, 2.45) is 0 Å². The first kappa shape index (κ1) is 14.6. The van der Waals surface area contributed by atoms with E-state index in [2.05, 4.69) is 0 Å². The number of Topliss-reactive ketones (excluding diaryl/α,β-unsaturated/α-hetero) is 1. The molecule has 0 bridgehead atoms. The third-order valence-corrected chi connectivity index (χ3v) is 3.20. The number of hydrogen-bond donors (Lipinski definition) is 0. The van der Waals surface area contributed by atoms with Crippen LogP contribution in [0, 0.1) is 0 Å². The maximum atomic E-state index is 13.0. The quantitative estimate of drug-likeness (QED) is 0.694. The Morgan fingerprint density at radius 3 is 2.20 bits per heavy atom. The van der Waals surface area contributed by atoms with E-state index in [0.717, 1.165) is 6.07 Å². The van der Waals surface area contributed by atoms with Crippen molar-refractivity contribution in [1.29, 1.82) is 0 Å². The number of ketones is 1. The van der Waals surface area contributed by atoms with E-state index in [4.69, 9.17) is 11.6 Å². The van der Waals surface area contributed by atoms with Crippen molar-refractivity contribution in [2.45, 2.75) is 13.1 Å². The molecular formula is C15H10ClF3O. The molecule has 0 atom stereocenters. The highest BCUT2D eigenvalue weighted by atomic mass is 35.5. The van der Waals surface area contributed by atoms with Crippen LogP contribution < -0.4 is 0 Å². The standard InChI is InChI=1S/C15H10ClF3O/c1-9(20)14-11(6-4-8-13(14)16)10-5-2-3-7-12(10)15(17,18)19/h2-8H,1H3. The van der Waals surface area contributed by atoms with Gasteiger partial charge in [-0.2, -0.15) is 13.2 Å². The number of alkyl halides is 3. The van der Waals surface area contributed by atoms with Gasteiger partial charge in [-0.1, -0.05) is 41.9 Å². The molecular weight excluding hydrogens is 289 g/mol. The van der Waals surface area contributed by atoms with Gasteiger partial charge in [0.25, 0.3) is 0 Å². The summed E-state index contributed by atoms with van der Waals surface area (Å²) in [6.07, 6.45) is -4.49. The Hall–Kier alpha value is -1.81. The van der Waals surface area contributed by atoms with Crippen LogP contribution in [-0.2, 0) is 6.18 Å². The summed E-state index contributed by atoms with van der Waals surface area (Å²) in [5, 5.41) is 0.145. The van der Waals surface area contributed by atoms with Crippen LogP contribution >= 0.6 is 11.6 Å². The van der Waals surface area contributed by atoms with Gasteiger partial charge in [0.1, 0.15) is 0 Å². The monoisotopic (exact) mass is 298 g/mol. The molecule has 5 heteroatoms. The minimum Gasteiger partial charge on any atom is -0.294 e. The average Bonchev–Trinajstić information content (AvgIpc) is 2.37. The highest BCUT2D eigenvalue weighted by Gasteiger charge is 2.34. The van der Waals surface area contributed by atoms with Crippen molar-refractivity contribution in [3.8, 4) is 11.1 Å². The summed E-state index contributed by atoms with van der Waals surface area (Å²) in [6.45, 7) is 1.28. The molecule has 0 radical (unpaired) electrons. The summed E-state index contributed by atoms with van der Waals surface area (Å²) in [5.74, 6) is -0.373. The Morgan fingerprint density at radius 2 is 1.60 bits per heavy atom. The van der Waals surface area contributed by atoms with Gasteiger partial charge in [0.05, 0.1) is 10.6 Å². The molecule has 2 rings (SSSR count). The molecule has 0 spiro atoms.